The van der Waals surface area contributed by atoms with E-state index in [4.69, 9.17) is 80.5 Å². The van der Waals surface area contributed by atoms with Crippen LogP contribution in [0, 0.1) is 5.41 Å². The Morgan fingerprint density at radius 1 is 0.381 bits per heavy atom. The van der Waals surface area contributed by atoms with E-state index in [9.17, 15) is 84.6 Å². The summed E-state index contributed by atoms with van der Waals surface area (Å²) in [7, 11) is 0. The summed E-state index contributed by atoms with van der Waals surface area (Å²) in [6.07, 6.45) is -16.5. The van der Waals surface area contributed by atoms with Gasteiger partial charge in [0.05, 0.1) is 203 Å². The van der Waals surface area contributed by atoms with Crippen molar-refractivity contribution >= 4 is 41.4 Å². The predicted molar refractivity (Wildman–Crippen MR) is 355 cm³/mol. The highest BCUT2D eigenvalue weighted by Gasteiger charge is 2.48. The zero-order valence-corrected chi connectivity index (χ0v) is 60.1. The molecule has 4 heterocycles. The molecule has 4 aliphatic heterocycles. The van der Waals surface area contributed by atoms with Crippen LogP contribution in [0.15, 0.2) is 0 Å². The van der Waals surface area contributed by atoms with Crippen molar-refractivity contribution in [2.24, 2.45) is 5.41 Å². The van der Waals surface area contributed by atoms with E-state index in [0.717, 1.165) is 0 Å². The topological polar surface area (TPSA) is 554 Å². The number of carbonyl (C=O) groups is 7. The maximum atomic E-state index is 13.2. The van der Waals surface area contributed by atoms with Gasteiger partial charge < -0.3 is 168 Å². The van der Waals surface area contributed by atoms with Crippen molar-refractivity contribution in [1.82, 2.24) is 36.8 Å². The Morgan fingerprint density at radius 2 is 0.676 bits per heavy atom. The summed E-state index contributed by atoms with van der Waals surface area (Å²) in [6, 6.07) is -3.30. The molecule has 0 bridgehead atoms. The maximum Gasteiger partial charge on any atom is 0.225 e. The molecule has 610 valence electrons. The largest absolute Gasteiger partial charge is 0.394 e. The van der Waals surface area contributed by atoms with Gasteiger partial charge in [0.2, 0.25) is 41.4 Å². The maximum absolute atomic E-state index is 13.2. The quantitative estimate of drug-likeness (QED) is 0.0251. The average Bonchev–Trinajstić information content (AvgIpc) is 0.819. The molecule has 0 aromatic rings. The van der Waals surface area contributed by atoms with Crippen LogP contribution in [0.4, 0.5) is 0 Å². The van der Waals surface area contributed by atoms with Crippen LogP contribution in [-0.2, 0) is 114 Å². The molecular formula is C64H115N7O34. The fourth-order valence-electron chi connectivity index (χ4n) is 10.8. The second-order valence-corrected chi connectivity index (χ2v) is 24.9. The number of nitrogens with zero attached hydrogens (tertiary/aromatic N) is 1. The van der Waals surface area contributed by atoms with Crippen molar-refractivity contribution in [2.75, 3.05) is 218 Å². The van der Waals surface area contributed by atoms with Gasteiger partial charge in [-0.3, -0.25) is 33.6 Å². The first kappa shape index (κ1) is 92.6. The van der Waals surface area contributed by atoms with Gasteiger partial charge in [0.1, 0.15) is 73.1 Å². The lowest BCUT2D eigenvalue weighted by atomic mass is 9.92. The van der Waals surface area contributed by atoms with Crippen molar-refractivity contribution in [3.8, 4) is 0 Å². The molecule has 16 unspecified atom stereocenters. The summed E-state index contributed by atoms with van der Waals surface area (Å²) >= 11 is 0. The van der Waals surface area contributed by atoms with E-state index in [1.807, 2.05) is 0 Å². The van der Waals surface area contributed by atoms with E-state index in [0.29, 0.717) is 6.54 Å². The number of hydrogen-bond acceptors (Lipinski definition) is 34. The average molecular weight is 1530 g/mol. The third-order valence-electron chi connectivity index (χ3n) is 16.3. The summed E-state index contributed by atoms with van der Waals surface area (Å²) in [5.41, 5.74) is -1.14. The van der Waals surface area contributed by atoms with Crippen LogP contribution in [0.2, 0.25) is 0 Å². The lowest BCUT2D eigenvalue weighted by Crippen LogP contribution is -2.64. The molecule has 4 fully saturated rings. The lowest BCUT2D eigenvalue weighted by Gasteiger charge is -2.42. The minimum atomic E-state index is -1.46. The summed E-state index contributed by atoms with van der Waals surface area (Å²) < 4.78 is 96.7. The number of ether oxygens (including phenoxy) is 17. The third kappa shape index (κ3) is 36.5. The van der Waals surface area contributed by atoms with Crippen LogP contribution in [0.5, 0.6) is 0 Å². The van der Waals surface area contributed by atoms with E-state index in [1.54, 1.807) is 4.90 Å². The smallest absolute Gasteiger partial charge is 0.225 e. The molecule has 0 saturated carbocycles. The Morgan fingerprint density at radius 3 is 0.971 bits per heavy atom. The molecule has 105 heavy (non-hydrogen) atoms. The third-order valence-corrected chi connectivity index (χ3v) is 16.3. The molecule has 0 radical (unpaired) electrons. The van der Waals surface area contributed by atoms with Crippen LogP contribution < -0.4 is 31.9 Å². The summed E-state index contributed by atoms with van der Waals surface area (Å²) in [5, 5.41) is 116. The monoisotopic (exact) mass is 1530 g/mol. The molecule has 16 atom stereocenters. The number of carbonyl (C=O) groups excluding carboxylic acids is 7. The van der Waals surface area contributed by atoms with E-state index in [-0.39, 0.29) is 241 Å². The van der Waals surface area contributed by atoms with Gasteiger partial charge in [-0.2, -0.15) is 0 Å². The number of amides is 7. The zero-order valence-electron chi connectivity index (χ0n) is 60.1. The molecule has 4 saturated heterocycles. The van der Waals surface area contributed by atoms with Crippen molar-refractivity contribution in [3.05, 3.63) is 0 Å². The van der Waals surface area contributed by atoms with E-state index < -0.39 is 141 Å². The van der Waals surface area contributed by atoms with Gasteiger partial charge in [-0.1, -0.05) is 0 Å². The second-order valence-electron chi connectivity index (χ2n) is 24.9. The number of morpholine rings is 1. The molecule has 41 nitrogen and oxygen atoms in total. The molecule has 4 aliphatic rings. The van der Waals surface area contributed by atoms with Crippen molar-refractivity contribution in [2.45, 2.75) is 144 Å². The number of aliphatic hydroxyl groups excluding tert-OH is 10. The molecule has 16 N–H and O–H groups in total. The van der Waals surface area contributed by atoms with Gasteiger partial charge in [0, 0.05) is 72.8 Å². The Balaban J connectivity index is 1.24. The molecule has 4 rings (SSSR count). The highest BCUT2D eigenvalue weighted by atomic mass is 16.7. The van der Waals surface area contributed by atoms with Crippen LogP contribution in [0.25, 0.3) is 0 Å². The van der Waals surface area contributed by atoms with Crippen LogP contribution in [0.3, 0.4) is 0 Å². The molecule has 0 aliphatic carbocycles. The minimum Gasteiger partial charge on any atom is -0.394 e. The molecule has 7 amide bonds. The van der Waals surface area contributed by atoms with E-state index >= 15 is 0 Å². The van der Waals surface area contributed by atoms with Crippen LogP contribution >= 0.6 is 0 Å². The van der Waals surface area contributed by atoms with E-state index in [2.05, 4.69) is 31.9 Å². The second kappa shape index (κ2) is 53.9. The number of aliphatic hydroxyl groups is 10. The predicted octanol–water partition coefficient (Wildman–Crippen LogP) is -9.85. The highest BCUT2D eigenvalue weighted by Crippen LogP contribution is 2.26. The van der Waals surface area contributed by atoms with Gasteiger partial charge in [-0.05, 0) is 0 Å². The highest BCUT2D eigenvalue weighted by molar-refractivity contribution is 5.77. The normalized spacial score (nSPS) is 26.8. The van der Waals surface area contributed by atoms with Crippen LogP contribution in [0.1, 0.15) is 46.5 Å². The zero-order chi connectivity index (χ0) is 76.8. The molecule has 0 aromatic heterocycles. The van der Waals surface area contributed by atoms with Gasteiger partial charge in [-0.15, -0.1) is 0 Å². The first-order chi connectivity index (χ1) is 50.6. The number of nitrogens with one attached hydrogen (secondary N) is 6. The Kier molecular flexibility index (Phi) is 47.6. The molecular weight excluding hydrogens is 1410 g/mol. The minimum absolute atomic E-state index is 0.0257. The van der Waals surface area contributed by atoms with E-state index in [1.165, 1.54) is 20.8 Å². The number of hydrogen-bond donors (Lipinski definition) is 16. The lowest BCUT2D eigenvalue weighted by molar-refractivity contribution is -0.272. The summed E-state index contributed by atoms with van der Waals surface area (Å²) in [5.74, 6) is -2.81. The Hall–Kier alpha value is -4.79. The van der Waals surface area contributed by atoms with Crippen molar-refractivity contribution < 1.29 is 165 Å². The first-order valence-corrected chi connectivity index (χ1v) is 35.2. The van der Waals surface area contributed by atoms with Crippen molar-refractivity contribution in [1.29, 1.82) is 0 Å². The van der Waals surface area contributed by atoms with Crippen LogP contribution in [-0.4, -0.2) is 413 Å². The molecule has 41 heteroatoms. The molecule has 0 aromatic carbocycles. The van der Waals surface area contributed by atoms with Gasteiger partial charge in [-0.25, -0.2) is 0 Å². The molecule has 0 spiro atoms. The van der Waals surface area contributed by atoms with Gasteiger partial charge in [0.25, 0.3) is 0 Å². The standard InChI is InChI=1S/C64H115N7O34/c1-41(76)68-52-58(86)55(83)45(34-73)103-61(52)100-29-26-92-23-20-89-16-8-65-48(79)4-12-95-37-64(40-98-15-7-51(82)71-11-19-99-44(32-71)33-72,38-96-13-5-49(80)66-9-17-90-21-24-93-27-30-101-62-53(69-42(2)77)59(87)56(84)46(35-74)104-62)39-97-14-6-50(81)67-10-18-91-22-25-94-28-31-102-63-54(70-43(3)78)60(88)57(85)47(36-75)105-63/h44-47,52-63,72-75,83-88H,4-40H2,1-3H3,(H,65,79)(H,66,80)(H,67,81)(H,68,76)(H,69,77)(H,70,78). The number of rotatable bonds is 57. The summed E-state index contributed by atoms with van der Waals surface area (Å²) in [4.78, 5) is 88.8. The Bertz CT molecular complexity index is 2210. The fourth-order valence-corrected chi connectivity index (χ4v) is 10.8. The first-order valence-electron chi connectivity index (χ1n) is 35.2. The van der Waals surface area contributed by atoms with Gasteiger partial charge in [0.15, 0.2) is 18.9 Å². The van der Waals surface area contributed by atoms with Crippen molar-refractivity contribution in [3.63, 3.8) is 0 Å². The Labute approximate surface area is 609 Å². The van der Waals surface area contributed by atoms with Gasteiger partial charge >= 0.3 is 0 Å². The SMILES string of the molecule is CC(=O)NC1C(OCCOCCOCCNC(=O)CCOCC(COCCC(=O)NCCOCCOCCOC2OC(CO)C(O)C(O)C2NC(C)=O)(COCCC(=O)NCCOCCOCCOC2OC(CO)C(O)C(O)C2NC(C)=O)COCCC(=O)N2CCOC(CO)C2)OC(CO)C(O)C1O. The fraction of sp³-hybridized carbons (Fsp3) is 0.891. The summed E-state index contributed by atoms with van der Waals surface area (Å²) in [6.45, 7) is 3.47.